The van der Waals surface area contributed by atoms with E-state index in [0.29, 0.717) is 5.56 Å². The number of nitrogens with one attached hydrogen (secondary N) is 2. The molecule has 0 saturated heterocycles. The zero-order valence-corrected chi connectivity index (χ0v) is 16.4. The van der Waals surface area contributed by atoms with E-state index in [-0.39, 0.29) is 36.0 Å². The third kappa shape index (κ3) is 6.03. The standard InChI is InChI=1S/C20H21N5O5.Na.H/c1-24-7-6-16(26)18(19(24)29)23-20(30)22-15(9-17(27)28)13-5-3-4-12(8-13)14-10-21-25(2)11-14;;/h3-8,10-11,15,18H,9H2,1-2H3,(H,27,28)(H2,22,23,30);;. The van der Waals surface area contributed by atoms with Crippen LogP contribution in [0.3, 0.4) is 0 Å². The van der Waals surface area contributed by atoms with E-state index in [9.17, 15) is 24.3 Å². The van der Waals surface area contributed by atoms with Gasteiger partial charge >= 0.3 is 41.6 Å². The fourth-order valence-electron chi connectivity index (χ4n) is 3.08. The van der Waals surface area contributed by atoms with Gasteiger partial charge in [-0.3, -0.25) is 19.1 Å². The van der Waals surface area contributed by atoms with Gasteiger partial charge in [-0.2, -0.15) is 5.10 Å². The Morgan fingerprint density at radius 1 is 1.23 bits per heavy atom. The number of carboxylic acids is 1. The van der Waals surface area contributed by atoms with E-state index in [0.717, 1.165) is 11.1 Å². The summed E-state index contributed by atoms with van der Waals surface area (Å²) >= 11 is 0. The molecule has 0 aliphatic carbocycles. The number of ketones is 1. The molecule has 2 atom stereocenters. The molecule has 0 radical (unpaired) electrons. The van der Waals surface area contributed by atoms with Crippen LogP contribution in [0.4, 0.5) is 4.79 Å². The SMILES string of the molecule is CN1C=CC(=O)C(NC(=O)NC(CC(=O)O)c2cccc(-c3cnn(C)c3)c2)C1=O.[NaH]. The Bertz CT molecular complexity index is 1030. The molecule has 2 aromatic rings. The molecule has 158 valence electrons. The quantitative estimate of drug-likeness (QED) is 0.438. The molecule has 2 unspecified atom stereocenters. The predicted octanol–water partition coefficient (Wildman–Crippen LogP) is 0.177. The molecule has 1 aliphatic heterocycles. The van der Waals surface area contributed by atoms with Crippen LogP contribution in [0.5, 0.6) is 0 Å². The molecule has 1 aliphatic rings. The number of carbonyl (C=O) groups is 4. The second-order valence-electron chi connectivity index (χ2n) is 6.90. The van der Waals surface area contributed by atoms with Gasteiger partial charge in [0.15, 0.2) is 11.8 Å². The van der Waals surface area contributed by atoms with Crippen molar-refractivity contribution in [1.29, 1.82) is 0 Å². The number of hydrogen-bond donors (Lipinski definition) is 3. The van der Waals surface area contributed by atoms with E-state index < -0.39 is 35.8 Å². The molecule has 0 saturated carbocycles. The van der Waals surface area contributed by atoms with Crippen LogP contribution in [0.1, 0.15) is 18.0 Å². The van der Waals surface area contributed by atoms with Crippen molar-refractivity contribution in [2.75, 3.05) is 7.05 Å². The molecule has 10 nitrogen and oxygen atoms in total. The summed E-state index contributed by atoms with van der Waals surface area (Å²) in [5, 5.41) is 18.3. The van der Waals surface area contributed by atoms with Crippen molar-refractivity contribution >= 4 is 53.2 Å². The average Bonchev–Trinajstić information content (AvgIpc) is 3.14. The number of nitrogens with zero attached hydrogens (tertiary/aromatic N) is 3. The van der Waals surface area contributed by atoms with Gasteiger partial charge in [-0.25, -0.2) is 4.79 Å². The number of aryl methyl sites for hydroxylation is 1. The number of carbonyl (C=O) groups excluding carboxylic acids is 3. The third-order valence-corrected chi connectivity index (χ3v) is 4.63. The molecule has 0 fully saturated rings. The van der Waals surface area contributed by atoms with Crippen molar-refractivity contribution < 1.29 is 24.3 Å². The minimum absolute atomic E-state index is 0. The zero-order chi connectivity index (χ0) is 21.8. The molecule has 2 heterocycles. The van der Waals surface area contributed by atoms with E-state index in [2.05, 4.69) is 15.7 Å². The summed E-state index contributed by atoms with van der Waals surface area (Å²) < 4.78 is 1.64. The topological polar surface area (TPSA) is 134 Å². The van der Waals surface area contributed by atoms with Crippen molar-refractivity contribution in [2.45, 2.75) is 18.5 Å². The van der Waals surface area contributed by atoms with Crippen LogP contribution < -0.4 is 10.6 Å². The molecule has 11 heteroatoms. The predicted molar refractivity (Wildman–Crippen MR) is 113 cm³/mol. The van der Waals surface area contributed by atoms with E-state index in [1.807, 2.05) is 12.3 Å². The van der Waals surface area contributed by atoms with Crippen LogP contribution in [0.25, 0.3) is 11.1 Å². The number of carboxylic acid groups (broad SMARTS) is 1. The number of benzene rings is 1. The monoisotopic (exact) mass is 435 g/mol. The Hall–Kier alpha value is -2.95. The average molecular weight is 435 g/mol. The second-order valence-corrected chi connectivity index (χ2v) is 6.90. The van der Waals surface area contributed by atoms with Crippen LogP contribution in [-0.4, -0.2) is 86.1 Å². The summed E-state index contributed by atoms with van der Waals surface area (Å²) in [6.07, 6.45) is 5.62. The van der Waals surface area contributed by atoms with Crippen LogP contribution >= 0.6 is 0 Å². The van der Waals surface area contributed by atoms with E-state index >= 15 is 0 Å². The van der Waals surface area contributed by atoms with Crippen molar-refractivity contribution in [3.63, 3.8) is 0 Å². The van der Waals surface area contributed by atoms with Crippen LogP contribution in [0, 0.1) is 0 Å². The molecular weight excluding hydrogens is 413 g/mol. The molecule has 3 rings (SSSR count). The Morgan fingerprint density at radius 2 is 1.97 bits per heavy atom. The van der Waals surface area contributed by atoms with E-state index in [1.165, 1.54) is 24.2 Å². The first-order valence-electron chi connectivity index (χ1n) is 9.11. The third-order valence-electron chi connectivity index (χ3n) is 4.63. The van der Waals surface area contributed by atoms with Gasteiger partial charge in [0.2, 0.25) is 0 Å². The molecular formula is C20H22N5NaO5. The summed E-state index contributed by atoms with van der Waals surface area (Å²) in [4.78, 5) is 49.1. The number of aliphatic carboxylic acids is 1. The molecule has 3 N–H and O–H groups in total. The summed E-state index contributed by atoms with van der Waals surface area (Å²) in [7, 11) is 3.25. The van der Waals surface area contributed by atoms with Gasteiger partial charge in [-0.05, 0) is 17.2 Å². The number of amides is 3. The maximum atomic E-state index is 12.5. The van der Waals surface area contributed by atoms with Gasteiger partial charge in [0, 0.05) is 38.1 Å². The summed E-state index contributed by atoms with van der Waals surface area (Å²) in [6.45, 7) is 0. The summed E-state index contributed by atoms with van der Waals surface area (Å²) in [6, 6.07) is 4.01. The molecule has 1 aromatic heterocycles. The molecule has 1 aromatic carbocycles. The molecule has 0 bridgehead atoms. The minimum atomic E-state index is -1.35. The van der Waals surface area contributed by atoms with Gasteiger partial charge in [0.1, 0.15) is 0 Å². The number of hydrogen-bond acceptors (Lipinski definition) is 5. The normalized spacial score (nSPS) is 16.5. The maximum absolute atomic E-state index is 12.5. The Labute approximate surface area is 200 Å². The van der Waals surface area contributed by atoms with Crippen molar-refractivity contribution in [3.05, 3.63) is 54.5 Å². The van der Waals surface area contributed by atoms with Gasteiger partial charge in [-0.1, -0.05) is 18.2 Å². The van der Waals surface area contributed by atoms with Gasteiger partial charge in [0.25, 0.3) is 5.91 Å². The van der Waals surface area contributed by atoms with Gasteiger partial charge < -0.3 is 20.6 Å². The van der Waals surface area contributed by atoms with Crippen molar-refractivity contribution in [3.8, 4) is 11.1 Å². The number of aromatic nitrogens is 2. The first kappa shape index (κ1) is 24.3. The molecule has 3 amide bonds. The van der Waals surface area contributed by atoms with Crippen LogP contribution in [0.15, 0.2) is 48.9 Å². The fraction of sp³-hybridized carbons (Fsp3) is 0.250. The summed E-state index contributed by atoms with van der Waals surface area (Å²) in [5.41, 5.74) is 2.21. The first-order chi connectivity index (χ1) is 14.2. The van der Waals surface area contributed by atoms with Crippen LogP contribution in [-0.2, 0) is 21.4 Å². The molecule has 31 heavy (non-hydrogen) atoms. The van der Waals surface area contributed by atoms with Gasteiger partial charge in [-0.15, -0.1) is 0 Å². The van der Waals surface area contributed by atoms with Gasteiger partial charge in [0.05, 0.1) is 18.7 Å². The van der Waals surface area contributed by atoms with Crippen LogP contribution in [0.2, 0.25) is 0 Å². The number of rotatable bonds is 6. The molecule has 0 spiro atoms. The zero-order valence-electron chi connectivity index (χ0n) is 16.4. The van der Waals surface area contributed by atoms with Crippen molar-refractivity contribution in [1.82, 2.24) is 25.3 Å². The van der Waals surface area contributed by atoms with Crippen molar-refractivity contribution in [2.24, 2.45) is 7.05 Å². The van der Waals surface area contributed by atoms with E-state index in [1.54, 1.807) is 36.1 Å². The Morgan fingerprint density at radius 3 is 2.61 bits per heavy atom. The first-order valence-corrected chi connectivity index (χ1v) is 9.11. The Balaban J connectivity index is 0.00000341. The number of likely N-dealkylation sites (N-methyl/N-ethyl adjacent to an activating group) is 1. The second kappa shape index (κ2) is 10.4. The summed E-state index contributed by atoms with van der Waals surface area (Å²) in [5.74, 6) is -2.24. The Kier molecular flexibility index (Phi) is 8.14. The fourth-order valence-corrected chi connectivity index (χ4v) is 3.08. The van der Waals surface area contributed by atoms with E-state index in [4.69, 9.17) is 0 Å². The number of urea groups is 1.